The van der Waals surface area contributed by atoms with Crippen molar-refractivity contribution >= 4 is 0 Å². The van der Waals surface area contributed by atoms with Gasteiger partial charge in [-0.25, -0.2) is 14.1 Å². The summed E-state index contributed by atoms with van der Waals surface area (Å²) in [7, 11) is 0. The van der Waals surface area contributed by atoms with Crippen molar-refractivity contribution in [1.29, 1.82) is 0 Å². The molecule has 20 heavy (non-hydrogen) atoms. The Morgan fingerprint density at radius 1 is 1.25 bits per heavy atom. The van der Waals surface area contributed by atoms with Gasteiger partial charge >= 0.3 is 0 Å². The summed E-state index contributed by atoms with van der Waals surface area (Å²) in [6.45, 7) is 4.43. The zero-order valence-corrected chi connectivity index (χ0v) is 11.8. The van der Waals surface area contributed by atoms with Gasteiger partial charge in [0.05, 0.1) is 6.04 Å². The molecule has 2 heterocycles. The molecule has 0 spiro atoms. The summed E-state index contributed by atoms with van der Waals surface area (Å²) in [6, 6.07) is 10.0. The van der Waals surface area contributed by atoms with Crippen LogP contribution >= 0.6 is 0 Å². The monoisotopic (exact) mass is 271 g/mol. The molecule has 0 bridgehead atoms. The number of fused-ring (bicyclic) bond motifs is 1. The Labute approximate surface area is 117 Å². The zero-order chi connectivity index (χ0) is 13.9. The Morgan fingerprint density at radius 3 is 2.60 bits per heavy atom. The van der Waals surface area contributed by atoms with Gasteiger partial charge in [0.15, 0.2) is 17.8 Å². The summed E-state index contributed by atoms with van der Waals surface area (Å²) in [6.07, 6.45) is 0.556. The first-order chi connectivity index (χ1) is 9.56. The van der Waals surface area contributed by atoms with E-state index in [2.05, 4.69) is 23.9 Å². The van der Waals surface area contributed by atoms with E-state index >= 15 is 0 Å². The third kappa shape index (κ3) is 1.70. The molecule has 1 saturated carbocycles. The molecule has 1 aliphatic carbocycles. The predicted molar refractivity (Wildman–Crippen MR) is 74.2 cm³/mol. The van der Waals surface area contributed by atoms with Crippen LogP contribution in [0.15, 0.2) is 30.3 Å². The van der Waals surface area contributed by atoms with Crippen molar-refractivity contribution in [1.82, 2.24) is 14.8 Å². The van der Waals surface area contributed by atoms with E-state index in [-0.39, 0.29) is 11.5 Å². The van der Waals surface area contributed by atoms with Crippen molar-refractivity contribution in [2.24, 2.45) is 5.41 Å². The highest BCUT2D eigenvalue weighted by Gasteiger charge is 2.50. The van der Waals surface area contributed by atoms with Gasteiger partial charge in [0.2, 0.25) is 0 Å². The van der Waals surface area contributed by atoms with Gasteiger partial charge in [0.25, 0.3) is 0 Å². The summed E-state index contributed by atoms with van der Waals surface area (Å²) in [5.41, 5.74) is 1.39. The lowest BCUT2D eigenvalue weighted by Crippen LogP contribution is -2.08. The second-order valence-corrected chi connectivity index (χ2v) is 6.65. The second-order valence-electron chi connectivity index (χ2n) is 6.65. The Balaban J connectivity index is 1.72. The molecule has 0 amide bonds. The van der Waals surface area contributed by atoms with E-state index < -0.39 is 6.17 Å². The lowest BCUT2D eigenvalue weighted by molar-refractivity contribution is 0.327. The number of halogens is 1. The molecule has 3 nitrogen and oxygen atoms in total. The molecule has 2 aromatic rings. The highest BCUT2D eigenvalue weighted by atomic mass is 19.1. The lowest BCUT2D eigenvalue weighted by atomic mass is 10.0. The first kappa shape index (κ1) is 12.1. The Kier molecular flexibility index (Phi) is 2.35. The first-order valence-electron chi connectivity index (χ1n) is 7.21. The molecule has 1 unspecified atom stereocenters. The first-order valence-corrected chi connectivity index (χ1v) is 7.21. The van der Waals surface area contributed by atoms with Crippen molar-refractivity contribution in [3.05, 3.63) is 47.5 Å². The fourth-order valence-corrected chi connectivity index (χ4v) is 3.20. The summed E-state index contributed by atoms with van der Waals surface area (Å²) in [5.74, 6) is 1.73. The minimum Gasteiger partial charge on any atom is -0.239 e. The van der Waals surface area contributed by atoms with Crippen LogP contribution < -0.4 is 0 Å². The molecule has 4 rings (SSSR count). The summed E-state index contributed by atoms with van der Waals surface area (Å²) in [5, 5.41) is 4.62. The van der Waals surface area contributed by atoms with E-state index in [0.29, 0.717) is 18.2 Å². The standard InChI is InChI=1S/C16H18FN3/c1-16(2)9-11(16)14-18-15-12(17)8-13(20(15)19-14)10-6-4-3-5-7-10/h3-7,11-13H,8-9H2,1-2H3/t11?,12-,13-/m0/s1. The second kappa shape index (κ2) is 3.90. The van der Waals surface area contributed by atoms with E-state index in [4.69, 9.17) is 0 Å². The van der Waals surface area contributed by atoms with Crippen molar-refractivity contribution in [2.45, 2.75) is 44.8 Å². The fourth-order valence-electron chi connectivity index (χ4n) is 3.20. The van der Waals surface area contributed by atoms with E-state index in [1.807, 2.05) is 35.0 Å². The lowest BCUT2D eigenvalue weighted by Gasteiger charge is -2.11. The molecule has 3 atom stereocenters. The maximum absolute atomic E-state index is 14.2. The summed E-state index contributed by atoms with van der Waals surface area (Å²) in [4.78, 5) is 4.48. The average Bonchev–Trinajstić information content (AvgIpc) is 2.80. The quantitative estimate of drug-likeness (QED) is 0.832. The number of benzene rings is 1. The third-order valence-electron chi connectivity index (χ3n) is 4.69. The molecular weight excluding hydrogens is 253 g/mol. The number of alkyl halides is 1. The van der Waals surface area contributed by atoms with Crippen LogP contribution in [0.2, 0.25) is 0 Å². The van der Waals surface area contributed by atoms with Crippen LogP contribution in [0.3, 0.4) is 0 Å². The van der Waals surface area contributed by atoms with E-state index in [1.165, 1.54) is 0 Å². The van der Waals surface area contributed by atoms with Gasteiger partial charge in [-0.1, -0.05) is 44.2 Å². The maximum atomic E-state index is 14.2. The molecule has 1 aromatic carbocycles. The molecule has 2 aliphatic rings. The van der Waals surface area contributed by atoms with Crippen molar-refractivity contribution < 1.29 is 4.39 Å². The minimum atomic E-state index is -0.997. The van der Waals surface area contributed by atoms with Crippen molar-refractivity contribution in [3.63, 3.8) is 0 Å². The highest BCUT2D eigenvalue weighted by molar-refractivity contribution is 5.25. The topological polar surface area (TPSA) is 30.7 Å². The van der Waals surface area contributed by atoms with Gasteiger partial charge in [-0.2, -0.15) is 5.10 Å². The smallest absolute Gasteiger partial charge is 0.162 e. The molecular formula is C16H18FN3. The van der Waals surface area contributed by atoms with Crippen LogP contribution in [-0.2, 0) is 0 Å². The van der Waals surface area contributed by atoms with Gasteiger partial charge in [-0.05, 0) is 17.4 Å². The van der Waals surface area contributed by atoms with Crippen LogP contribution in [0.4, 0.5) is 4.39 Å². The SMILES string of the molecule is CC1(C)CC1c1nc2n(n1)[C@H](c1ccccc1)C[C@@H]2F. The number of hydrogen-bond acceptors (Lipinski definition) is 2. The van der Waals surface area contributed by atoms with Crippen LogP contribution in [0.25, 0.3) is 0 Å². The van der Waals surface area contributed by atoms with Gasteiger partial charge in [-0.3, -0.25) is 0 Å². The van der Waals surface area contributed by atoms with E-state index in [1.54, 1.807) is 0 Å². The van der Waals surface area contributed by atoms with E-state index in [0.717, 1.165) is 17.8 Å². The van der Waals surface area contributed by atoms with Gasteiger partial charge < -0.3 is 0 Å². The Morgan fingerprint density at radius 2 is 1.95 bits per heavy atom. The maximum Gasteiger partial charge on any atom is 0.162 e. The van der Waals surface area contributed by atoms with Gasteiger partial charge in [0, 0.05) is 12.3 Å². The highest BCUT2D eigenvalue weighted by Crippen LogP contribution is 2.58. The predicted octanol–water partition coefficient (Wildman–Crippen LogP) is 3.80. The molecule has 1 fully saturated rings. The van der Waals surface area contributed by atoms with Crippen LogP contribution in [-0.4, -0.2) is 14.8 Å². The van der Waals surface area contributed by atoms with Gasteiger partial charge in [0.1, 0.15) is 0 Å². The molecule has 1 aromatic heterocycles. The molecule has 1 aliphatic heterocycles. The fraction of sp³-hybridized carbons (Fsp3) is 0.500. The third-order valence-corrected chi connectivity index (χ3v) is 4.69. The minimum absolute atomic E-state index is 0.00990. The van der Waals surface area contributed by atoms with E-state index in [9.17, 15) is 4.39 Å². The summed E-state index contributed by atoms with van der Waals surface area (Å²) < 4.78 is 16.0. The van der Waals surface area contributed by atoms with Crippen molar-refractivity contribution in [2.75, 3.05) is 0 Å². The zero-order valence-electron chi connectivity index (χ0n) is 11.8. The van der Waals surface area contributed by atoms with Crippen LogP contribution in [0.1, 0.15) is 62.0 Å². The normalized spacial score (nSPS) is 30.2. The average molecular weight is 271 g/mol. The number of nitrogens with zero attached hydrogens (tertiary/aromatic N) is 3. The number of hydrogen-bond donors (Lipinski definition) is 0. The molecule has 0 N–H and O–H groups in total. The number of aromatic nitrogens is 3. The molecule has 4 heteroatoms. The Hall–Kier alpha value is -1.71. The molecule has 0 radical (unpaired) electrons. The van der Waals surface area contributed by atoms with Crippen LogP contribution in [0.5, 0.6) is 0 Å². The Bertz CT molecular complexity index is 647. The largest absolute Gasteiger partial charge is 0.239 e. The number of rotatable bonds is 2. The molecule has 0 saturated heterocycles. The van der Waals surface area contributed by atoms with Gasteiger partial charge in [-0.15, -0.1) is 0 Å². The molecule has 104 valence electrons. The summed E-state index contributed by atoms with van der Waals surface area (Å²) >= 11 is 0. The van der Waals surface area contributed by atoms with Crippen molar-refractivity contribution in [3.8, 4) is 0 Å². The van der Waals surface area contributed by atoms with Crippen LogP contribution in [0, 0.1) is 5.41 Å².